The number of ether oxygens (including phenoxy) is 8. The highest BCUT2D eigenvalue weighted by Gasteiger charge is 2.53. The van der Waals surface area contributed by atoms with Gasteiger partial charge >= 0.3 is 0 Å². The van der Waals surface area contributed by atoms with Crippen molar-refractivity contribution in [2.24, 2.45) is 11.7 Å². The van der Waals surface area contributed by atoms with Gasteiger partial charge in [-0.2, -0.15) is 0 Å². The summed E-state index contributed by atoms with van der Waals surface area (Å²) < 4.78 is 46.6. The minimum absolute atomic E-state index is 0.0137. The standard InChI is InChI=1S/C28H53N3O16/c1-13-15(10-40-7-4-32)44-27(18(29)21(13)36)46-25-17(12-42-9-6-34)45-28(20(23(25)38)31-14(2)35)47-24-16(11-41-8-5-33)43-26(39)19(30-3)22(24)37/h13,15-28,30,32-34,36-39H,4-12,29H2,1-3H3,(H,31,35)/t13-,15?,16?,17?,18?,19?,20?,21-,22+,23+,24-,25-,26+,27-,28-/m0/s1. The second-order valence-electron chi connectivity index (χ2n) is 11.7. The average Bonchev–Trinajstić information content (AvgIpc) is 3.03. The van der Waals surface area contributed by atoms with Crippen LogP contribution in [0.2, 0.25) is 0 Å². The molecule has 3 rings (SSSR count). The zero-order chi connectivity index (χ0) is 34.7. The predicted octanol–water partition coefficient (Wildman–Crippen LogP) is -5.91. The molecule has 0 radical (unpaired) electrons. The molecule has 3 saturated heterocycles. The molecule has 276 valence electrons. The molecule has 6 unspecified atom stereocenters. The summed E-state index contributed by atoms with van der Waals surface area (Å²) in [6, 6.07) is -3.39. The molecule has 0 aromatic carbocycles. The maximum atomic E-state index is 12.3. The van der Waals surface area contributed by atoms with Crippen LogP contribution in [0.15, 0.2) is 0 Å². The summed E-state index contributed by atoms with van der Waals surface area (Å²) >= 11 is 0. The molecular formula is C28H53N3O16. The van der Waals surface area contributed by atoms with Gasteiger partial charge in [-0.05, 0) is 7.05 Å². The van der Waals surface area contributed by atoms with Gasteiger partial charge in [0.2, 0.25) is 5.91 Å². The largest absolute Gasteiger partial charge is 0.394 e. The van der Waals surface area contributed by atoms with Crippen LogP contribution < -0.4 is 16.4 Å². The Morgan fingerprint density at radius 2 is 1.19 bits per heavy atom. The third-order valence-electron chi connectivity index (χ3n) is 8.35. The first-order chi connectivity index (χ1) is 22.5. The second kappa shape index (κ2) is 19.8. The topological polar surface area (TPSA) is 283 Å². The normalized spacial score (nSPS) is 41.1. The smallest absolute Gasteiger partial charge is 0.217 e. The predicted molar refractivity (Wildman–Crippen MR) is 157 cm³/mol. The van der Waals surface area contributed by atoms with Crippen LogP contribution in [-0.2, 0) is 42.7 Å². The molecule has 3 aliphatic rings. The molecule has 0 bridgehead atoms. The van der Waals surface area contributed by atoms with E-state index in [1.54, 1.807) is 6.92 Å². The zero-order valence-electron chi connectivity index (χ0n) is 26.9. The zero-order valence-corrected chi connectivity index (χ0v) is 26.9. The van der Waals surface area contributed by atoms with Gasteiger partial charge in [-0.3, -0.25) is 4.79 Å². The lowest BCUT2D eigenvalue weighted by Gasteiger charge is -2.50. The number of aliphatic hydroxyl groups is 7. The van der Waals surface area contributed by atoms with Gasteiger partial charge in [0.15, 0.2) is 18.9 Å². The van der Waals surface area contributed by atoms with Gasteiger partial charge in [-0.25, -0.2) is 0 Å². The van der Waals surface area contributed by atoms with E-state index in [0.29, 0.717) is 0 Å². The molecule has 3 aliphatic heterocycles. The Morgan fingerprint density at radius 3 is 1.70 bits per heavy atom. The molecule has 0 aromatic heterocycles. The second-order valence-corrected chi connectivity index (χ2v) is 11.7. The van der Waals surface area contributed by atoms with Crippen molar-refractivity contribution in [3.63, 3.8) is 0 Å². The molecule has 0 saturated carbocycles. The van der Waals surface area contributed by atoms with E-state index in [9.17, 15) is 30.3 Å². The van der Waals surface area contributed by atoms with Gasteiger partial charge in [-0.1, -0.05) is 6.92 Å². The molecule has 15 atom stereocenters. The highest BCUT2D eigenvalue weighted by atomic mass is 16.7. The Bertz CT molecular complexity index is 912. The lowest BCUT2D eigenvalue weighted by atomic mass is 9.89. The summed E-state index contributed by atoms with van der Waals surface area (Å²) in [4.78, 5) is 12.3. The number of likely N-dealkylation sites (N-methyl/N-ethyl adjacent to an activating group) is 1. The van der Waals surface area contributed by atoms with E-state index in [4.69, 9.17) is 53.8 Å². The van der Waals surface area contributed by atoms with Gasteiger partial charge in [0.1, 0.15) is 42.7 Å². The molecule has 0 aliphatic carbocycles. The van der Waals surface area contributed by atoms with Crippen molar-refractivity contribution < 1.29 is 78.4 Å². The Balaban J connectivity index is 1.89. The van der Waals surface area contributed by atoms with Crippen LogP contribution in [0.5, 0.6) is 0 Å². The van der Waals surface area contributed by atoms with Crippen molar-refractivity contribution in [1.82, 2.24) is 10.6 Å². The summed E-state index contributed by atoms with van der Waals surface area (Å²) in [5.74, 6) is -1.04. The van der Waals surface area contributed by atoms with E-state index >= 15 is 0 Å². The minimum atomic E-state index is -1.58. The summed E-state index contributed by atoms with van der Waals surface area (Å²) in [6.45, 7) is 1.57. The highest BCUT2D eigenvalue weighted by molar-refractivity contribution is 5.73. The first kappa shape index (κ1) is 40.2. The maximum absolute atomic E-state index is 12.3. The Hall–Kier alpha value is -1.21. The maximum Gasteiger partial charge on any atom is 0.217 e. The summed E-state index contributed by atoms with van der Waals surface area (Å²) in [5, 5.41) is 77.1. The van der Waals surface area contributed by atoms with Crippen molar-refractivity contribution in [3.05, 3.63) is 0 Å². The first-order valence-electron chi connectivity index (χ1n) is 15.7. The molecule has 11 N–H and O–H groups in total. The van der Waals surface area contributed by atoms with E-state index in [1.807, 2.05) is 0 Å². The van der Waals surface area contributed by atoms with Crippen LogP contribution >= 0.6 is 0 Å². The minimum Gasteiger partial charge on any atom is -0.394 e. The molecular weight excluding hydrogens is 634 g/mol. The third-order valence-corrected chi connectivity index (χ3v) is 8.35. The third kappa shape index (κ3) is 10.6. The number of hydrogen-bond donors (Lipinski definition) is 10. The average molecular weight is 688 g/mol. The lowest BCUT2D eigenvalue weighted by Crippen LogP contribution is -2.70. The Morgan fingerprint density at radius 1 is 0.723 bits per heavy atom. The van der Waals surface area contributed by atoms with Gasteiger partial charge < -0.3 is 90.0 Å². The molecule has 19 nitrogen and oxygen atoms in total. The van der Waals surface area contributed by atoms with Gasteiger partial charge in [0.05, 0.1) is 83.8 Å². The van der Waals surface area contributed by atoms with E-state index in [-0.39, 0.29) is 59.5 Å². The van der Waals surface area contributed by atoms with E-state index in [1.165, 1.54) is 14.0 Å². The molecule has 3 heterocycles. The molecule has 1 amide bonds. The fourth-order valence-electron chi connectivity index (χ4n) is 5.81. The number of aliphatic hydroxyl groups excluding tert-OH is 7. The van der Waals surface area contributed by atoms with Crippen molar-refractivity contribution in [2.45, 2.75) is 99.7 Å². The SMILES string of the molecule is CNC1[C@H](O)OC(COCCO)[C@H](O[C@@H]2OC(COCCO)[C@H](O[C@@H]3OC(COCCO)[C@H](C)[C@H](O)C3N)[C@H](O)C2NC(C)=O)[C@@H]1O. The summed E-state index contributed by atoms with van der Waals surface area (Å²) in [5.41, 5.74) is 6.29. The number of carbonyl (C=O) groups is 1. The molecule has 0 aromatic rings. The number of carbonyl (C=O) groups excluding carboxylic acids is 1. The van der Waals surface area contributed by atoms with Crippen LogP contribution in [0, 0.1) is 5.92 Å². The lowest BCUT2D eigenvalue weighted by molar-refractivity contribution is -0.350. The van der Waals surface area contributed by atoms with E-state index in [2.05, 4.69) is 10.6 Å². The van der Waals surface area contributed by atoms with Crippen molar-refractivity contribution in [3.8, 4) is 0 Å². The van der Waals surface area contributed by atoms with Crippen molar-refractivity contribution in [2.75, 3.05) is 66.5 Å². The molecule has 19 heteroatoms. The molecule has 0 spiro atoms. The monoisotopic (exact) mass is 687 g/mol. The van der Waals surface area contributed by atoms with Crippen LogP contribution in [-0.4, -0.2) is 194 Å². The van der Waals surface area contributed by atoms with Gasteiger partial charge in [-0.15, -0.1) is 0 Å². The van der Waals surface area contributed by atoms with Crippen molar-refractivity contribution in [1.29, 1.82) is 0 Å². The fraction of sp³-hybridized carbons (Fsp3) is 0.964. The summed E-state index contributed by atoms with van der Waals surface area (Å²) in [6.07, 6.45) is -13.7. The number of nitrogens with two attached hydrogens (primary N) is 1. The number of rotatable bonds is 18. The van der Waals surface area contributed by atoms with Crippen molar-refractivity contribution >= 4 is 5.91 Å². The van der Waals surface area contributed by atoms with Gasteiger partial charge in [0, 0.05) is 12.8 Å². The van der Waals surface area contributed by atoms with E-state index in [0.717, 1.165) is 0 Å². The summed E-state index contributed by atoms with van der Waals surface area (Å²) in [7, 11) is 1.50. The molecule has 3 fully saturated rings. The van der Waals surface area contributed by atoms with Crippen LogP contribution in [0.1, 0.15) is 13.8 Å². The number of nitrogens with one attached hydrogen (secondary N) is 2. The van der Waals surface area contributed by atoms with Crippen LogP contribution in [0.3, 0.4) is 0 Å². The van der Waals surface area contributed by atoms with Gasteiger partial charge in [0.25, 0.3) is 0 Å². The van der Waals surface area contributed by atoms with Crippen LogP contribution in [0.4, 0.5) is 0 Å². The Kier molecular flexibility index (Phi) is 17.0. The van der Waals surface area contributed by atoms with E-state index < -0.39 is 97.7 Å². The first-order valence-corrected chi connectivity index (χ1v) is 15.7. The number of hydrogen-bond acceptors (Lipinski definition) is 18. The quantitative estimate of drug-likeness (QED) is 0.0600. The molecule has 47 heavy (non-hydrogen) atoms. The number of amides is 1. The highest BCUT2D eigenvalue weighted by Crippen LogP contribution is 2.33. The Labute approximate surface area is 273 Å². The fourth-order valence-corrected chi connectivity index (χ4v) is 5.81. The van der Waals surface area contributed by atoms with Crippen LogP contribution in [0.25, 0.3) is 0 Å².